The molecule has 0 aliphatic rings. The third-order valence-corrected chi connectivity index (χ3v) is 4.57. The van der Waals surface area contributed by atoms with Crippen LogP contribution in [0.2, 0.25) is 0 Å². The first kappa shape index (κ1) is 19.1. The van der Waals surface area contributed by atoms with Crippen LogP contribution in [0.25, 0.3) is 0 Å². The fourth-order valence-electron chi connectivity index (χ4n) is 1.18. The van der Waals surface area contributed by atoms with Crippen molar-refractivity contribution in [3.63, 3.8) is 0 Å². The van der Waals surface area contributed by atoms with E-state index in [2.05, 4.69) is 11.1 Å². The van der Waals surface area contributed by atoms with Crippen LogP contribution in [0, 0.1) is 0 Å². The van der Waals surface area contributed by atoms with Crippen LogP contribution in [0.15, 0.2) is 0 Å². The van der Waals surface area contributed by atoms with Gasteiger partial charge in [0.15, 0.2) is 6.04 Å². The zero-order valence-corrected chi connectivity index (χ0v) is 13.0. The molecule has 0 spiro atoms. The number of hydrogen-bond acceptors (Lipinski definition) is 5. The van der Waals surface area contributed by atoms with E-state index in [1.54, 1.807) is 0 Å². The molecule has 116 valence electrons. The Balaban J connectivity index is 3.62. The van der Waals surface area contributed by atoms with E-state index in [1.807, 2.05) is 0 Å². The molecule has 6 N–H and O–H groups in total. The molecule has 9 heteroatoms. The van der Waals surface area contributed by atoms with E-state index < -0.39 is 24.0 Å². The number of quaternary nitrogens is 1. The molecule has 0 aliphatic heterocycles. The van der Waals surface area contributed by atoms with Crippen molar-refractivity contribution in [3.8, 4) is 0 Å². The van der Waals surface area contributed by atoms with Gasteiger partial charge in [-0.15, -0.1) is 0 Å². The van der Waals surface area contributed by atoms with Gasteiger partial charge in [0.25, 0.3) is 0 Å². The number of carbonyl (C=O) groups is 3. The van der Waals surface area contributed by atoms with E-state index >= 15 is 0 Å². The summed E-state index contributed by atoms with van der Waals surface area (Å²) in [5.74, 6) is 0.0877. The van der Waals surface area contributed by atoms with Crippen LogP contribution in [0.4, 0.5) is 0 Å². The second kappa shape index (κ2) is 10.8. The quantitative estimate of drug-likeness (QED) is 0.363. The van der Waals surface area contributed by atoms with Gasteiger partial charge in [-0.25, -0.2) is 9.59 Å². The smallest absolute Gasteiger partial charge is 0.363 e. The maximum absolute atomic E-state index is 10.8. The van der Waals surface area contributed by atoms with Crippen molar-refractivity contribution < 1.29 is 30.3 Å². The van der Waals surface area contributed by atoms with Crippen molar-refractivity contribution in [2.75, 3.05) is 23.0 Å². The summed E-state index contributed by atoms with van der Waals surface area (Å²) < 4.78 is 0. The van der Waals surface area contributed by atoms with Crippen LogP contribution in [-0.4, -0.2) is 63.2 Å². The SMILES string of the molecule is CC(=O)N[C@@H](CSCCCSC[C@H]([NH3+])C(=O)O)C(=O)O. The van der Waals surface area contributed by atoms with Crippen LogP contribution in [0.5, 0.6) is 0 Å². The lowest BCUT2D eigenvalue weighted by atomic mass is 10.3. The molecule has 2 atom stereocenters. The summed E-state index contributed by atoms with van der Waals surface area (Å²) in [6, 6.07) is -1.45. The predicted octanol–water partition coefficient (Wildman–Crippen LogP) is -0.873. The molecule has 7 nitrogen and oxygen atoms in total. The molecule has 0 heterocycles. The highest BCUT2D eigenvalue weighted by Gasteiger charge is 2.18. The van der Waals surface area contributed by atoms with Gasteiger partial charge in [-0.05, 0) is 17.9 Å². The van der Waals surface area contributed by atoms with E-state index in [0.29, 0.717) is 11.5 Å². The first-order valence-electron chi connectivity index (χ1n) is 6.06. The maximum Gasteiger partial charge on any atom is 0.363 e. The number of rotatable bonds is 11. The molecular weight excluding hydrogens is 304 g/mol. The number of carboxylic acids is 2. The fourth-order valence-corrected chi connectivity index (χ4v) is 3.28. The average molecular weight is 325 g/mol. The van der Waals surface area contributed by atoms with Crippen molar-refractivity contribution in [1.82, 2.24) is 5.32 Å². The minimum atomic E-state index is -1.04. The van der Waals surface area contributed by atoms with Crippen LogP contribution in [0.3, 0.4) is 0 Å². The number of hydrogen-bond donors (Lipinski definition) is 4. The van der Waals surface area contributed by atoms with Gasteiger partial charge in [0.2, 0.25) is 5.91 Å². The summed E-state index contributed by atoms with van der Waals surface area (Å²) in [6.45, 7) is 1.29. The molecule has 0 aromatic rings. The third-order valence-electron chi connectivity index (χ3n) is 2.21. The number of aliphatic carboxylic acids is 2. The molecule has 0 aliphatic carbocycles. The Bertz CT molecular complexity index is 341. The fraction of sp³-hybridized carbons (Fsp3) is 0.727. The minimum Gasteiger partial charge on any atom is -0.480 e. The Kier molecular flexibility index (Phi) is 10.3. The molecule has 0 saturated carbocycles. The van der Waals surface area contributed by atoms with Gasteiger partial charge in [-0.1, -0.05) is 0 Å². The predicted molar refractivity (Wildman–Crippen MR) is 78.8 cm³/mol. The zero-order valence-electron chi connectivity index (χ0n) is 11.3. The summed E-state index contributed by atoms with van der Waals surface area (Å²) >= 11 is 2.98. The van der Waals surface area contributed by atoms with Gasteiger partial charge < -0.3 is 21.3 Å². The molecule has 0 radical (unpaired) electrons. The summed E-state index contributed by atoms with van der Waals surface area (Å²) in [4.78, 5) is 32.2. The molecule has 0 aromatic heterocycles. The van der Waals surface area contributed by atoms with E-state index in [4.69, 9.17) is 10.2 Å². The Morgan fingerprint density at radius 3 is 2.10 bits per heavy atom. The standard InChI is InChI=1S/C11H20N2O5S2/c1-7(14)13-9(11(17)18)6-20-4-2-3-19-5-8(12)10(15)16/h8-9H,2-6,12H2,1H3,(H,13,14)(H,15,16)(H,17,18)/p+1/t8-,9-/m0/s1. The lowest BCUT2D eigenvalue weighted by molar-refractivity contribution is -0.400. The monoisotopic (exact) mass is 325 g/mol. The van der Waals surface area contributed by atoms with Gasteiger partial charge >= 0.3 is 11.9 Å². The van der Waals surface area contributed by atoms with Crippen molar-refractivity contribution in [2.45, 2.75) is 25.4 Å². The number of nitrogens with one attached hydrogen (secondary N) is 1. The number of carboxylic acid groups (broad SMARTS) is 2. The van der Waals surface area contributed by atoms with Gasteiger partial charge in [0.1, 0.15) is 6.04 Å². The molecule has 0 aromatic carbocycles. The normalized spacial score (nSPS) is 13.5. The lowest BCUT2D eigenvalue weighted by Crippen LogP contribution is -2.66. The van der Waals surface area contributed by atoms with Crippen molar-refractivity contribution >= 4 is 41.4 Å². The second-order valence-corrected chi connectivity index (χ2v) is 6.43. The molecule has 0 rings (SSSR count). The molecule has 0 saturated heterocycles. The van der Waals surface area contributed by atoms with Gasteiger partial charge in [0, 0.05) is 12.7 Å². The molecule has 0 bridgehead atoms. The third kappa shape index (κ3) is 9.93. The molecular formula is C11H21N2O5S2+. The second-order valence-electron chi connectivity index (χ2n) is 4.13. The summed E-state index contributed by atoms with van der Waals surface area (Å²) in [5, 5.41) is 19.9. The van der Waals surface area contributed by atoms with E-state index in [-0.39, 0.29) is 5.91 Å². The molecule has 1 amide bonds. The van der Waals surface area contributed by atoms with Gasteiger partial charge in [-0.3, -0.25) is 4.79 Å². The first-order valence-corrected chi connectivity index (χ1v) is 8.36. The van der Waals surface area contributed by atoms with E-state index in [1.165, 1.54) is 30.4 Å². The van der Waals surface area contributed by atoms with Crippen LogP contribution in [-0.2, 0) is 14.4 Å². The Labute approximate surface area is 126 Å². The lowest BCUT2D eigenvalue weighted by Gasteiger charge is -2.12. The highest BCUT2D eigenvalue weighted by atomic mass is 32.2. The number of thioether (sulfide) groups is 2. The van der Waals surface area contributed by atoms with E-state index in [9.17, 15) is 14.4 Å². The van der Waals surface area contributed by atoms with Crippen molar-refractivity contribution in [3.05, 3.63) is 0 Å². The maximum atomic E-state index is 10.8. The van der Waals surface area contributed by atoms with Crippen LogP contribution in [0.1, 0.15) is 13.3 Å². The average Bonchev–Trinajstić information content (AvgIpc) is 2.34. The summed E-state index contributed by atoms with van der Waals surface area (Å²) in [5.41, 5.74) is 3.51. The Morgan fingerprint density at radius 2 is 1.65 bits per heavy atom. The number of carbonyl (C=O) groups excluding carboxylic acids is 1. The van der Waals surface area contributed by atoms with Gasteiger partial charge in [0.05, 0.1) is 5.75 Å². The molecule has 0 fully saturated rings. The van der Waals surface area contributed by atoms with Gasteiger partial charge in [-0.2, -0.15) is 23.5 Å². The number of amides is 1. The van der Waals surface area contributed by atoms with Crippen molar-refractivity contribution in [2.24, 2.45) is 0 Å². The Hall–Kier alpha value is -0.930. The largest absolute Gasteiger partial charge is 0.480 e. The first-order chi connectivity index (χ1) is 9.34. The summed E-state index contributed by atoms with van der Waals surface area (Å²) in [6.07, 6.45) is 0.855. The molecule has 20 heavy (non-hydrogen) atoms. The molecule has 0 unspecified atom stereocenters. The highest BCUT2D eigenvalue weighted by molar-refractivity contribution is 8.00. The van der Waals surface area contributed by atoms with Crippen LogP contribution < -0.4 is 11.1 Å². The topological polar surface area (TPSA) is 131 Å². The Morgan fingerprint density at radius 1 is 1.10 bits per heavy atom. The zero-order chi connectivity index (χ0) is 15.5. The van der Waals surface area contributed by atoms with E-state index in [0.717, 1.165) is 17.9 Å². The van der Waals surface area contributed by atoms with Crippen molar-refractivity contribution in [1.29, 1.82) is 0 Å². The highest BCUT2D eigenvalue weighted by Crippen LogP contribution is 2.10. The minimum absolute atomic E-state index is 0.326. The summed E-state index contributed by atoms with van der Waals surface area (Å²) in [7, 11) is 0. The van der Waals surface area contributed by atoms with Crippen LogP contribution >= 0.6 is 23.5 Å².